The Balaban J connectivity index is 1.95. The number of benzene rings is 1. The van der Waals surface area contributed by atoms with Crippen LogP contribution in [0.15, 0.2) is 18.2 Å². The summed E-state index contributed by atoms with van der Waals surface area (Å²) in [5.74, 6) is -0.450. The fourth-order valence-electron chi connectivity index (χ4n) is 3.09. The molecular formula is C16H24ClN3O. The van der Waals surface area contributed by atoms with E-state index in [9.17, 15) is 4.79 Å². The second-order valence-corrected chi connectivity index (χ2v) is 6.51. The van der Waals surface area contributed by atoms with Crippen molar-refractivity contribution in [2.24, 2.45) is 5.73 Å². The molecule has 1 amide bonds. The molecule has 0 atom stereocenters. The van der Waals surface area contributed by atoms with Gasteiger partial charge in [0.05, 0.1) is 0 Å². The van der Waals surface area contributed by atoms with Crippen LogP contribution in [0.2, 0.25) is 5.02 Å². The number of nitrogens with two attached hydrogens (primary N) is 1. The summed E-state index contributed by atoms with van der Waals surface area (Å²) in [4.78, 5) is 13.5. The van der Waals surface area contributed by atoms with Crippen LogP contribution < -0.4 is 11.1 Å². The highest BCUT2D eigenvalue weighted by Gasteiger charge is 2.35. The summed E-state index contributed by atoms with van der Waals surface area (Å²) in [5.41, 5.74) is 6.95. The van der Waals surface area contributed by atoms with E-state index < -0.39 is 5.91 Å². The number of hydrogen-bond donors (Lipinski definition) is 2. The molecule has 0 unspecified atom stereocenters. The van der Waals surface area contributed by atoms with Crippen molar-refractivity contribution in [1.82, 2.24) is 10.2 Å². The van der Waals surface area contributed by atoms with Crippen molar-refractivity contribution in [3.8, 4) is 0 Å². The second kappa shape index (κ2) is 6.77. The molecule has 2 rings (SSSR count). The van der Waals surface area contributed by atoms with E-state index in [0.29, 0.717) is 17.1 Å². The number of halogens is 1. The van der Waals surface area contributed by atoms with Crippen molar-refractivity contribution < 1.29 is 4.79 Å². The summed E-state index contributed by atoms with van der Waals surface area (Å²) in [7, 11) is 4.31. The van der Waals surface area contributed by atoms with Gasteiger partial charge in [0.1, 0.15) is 0 Å². The Labute approximate surface area is 131 Å². The Hall–Kier alpha value is -1.10. The largest absolute Gasteiger partial charge is 0.366 e. The molecule has 0 aliphatic heterocycles. The Morgan fingerprint density at radius 1 is 1.38 bits per heavy atom. The maximum absolute atomic E-state index is 11.1. The maximum Gasteiger partial charge on any atom is 0.248 e. The number of rotatable bonds is 6. The molecular weight excluding hydrogens is 286 g/mol. The number of primary amides is 1. The third kappa shape index (κ3) is 3.76. The fraction of sp³-hybridized carbons (Fsp3) is 0.562. The SMILES string of the molecule is CN(C)C1(CNCc2ccc(C(N)=O)cc2Cl)CCCC1. The van der Waals surface area contributed by atoms with Crippen LogP contribution in [0.25, 0.3) is 0 Å². The van der Waals surface area contributed by atoms with Crippen molar-refractivity contribution in [3.05, 3.63) is 34.3 Å². The number of carbonyl (C=O) groups excluding carboxylic acids is 1. The molecule has 1 aromatic rings. The van der Waals surface area contributed by atoms with E-state index in [0.717, 1.165) is 12.1 Å². The number of nitrogens with zero attached hydrogens (tertiary/aromatic N) is 1. The van der Waals surface area contributed by atoms with E-state index in [-0.39, 0.29) is 5.54 Å². The number of amides is 1. The molecule has 0 spiro atoms. The third-order valence-corrected chi connectivity index (χ3v) is 4.94. The summed E-state index contributed by atoms with van der Waals surface area (Å²) in [5, 5.41) is 4.10. The number of likely N-dealkylation sites (N-methyl/N-ethyl adjacent to an activating group) is 1. The Kier molecular flexibility index (Phi) is 5.25. The van der Waals surface area contributed by atoms with Crippen LogP contribution in [0, 0.1) is 0 Å². The molecule has 0 heterocycles. The van der Waals surface area contributed by atoms with Crippen LogP contribution in [0.4, 0.5) is 0 Å². The van der Waals surface area contributed by atoms with E-state index >= 15 is 0 Å². The number of carbonyl (C=O) groups is 1. The highest BCUT2D eigenvalue weighted by Crippen LogP contribution is 2.33. The summed E-state index contributed by atoms with van der Waals surface area (Å²) in [6, 6.07) is 5.23. The van der Waals surface area contributed by atoms with Gasteiger partial charge in [0.15, 0.2) is 0 Å². The lowest BCUT2D eigenvalue weighted by atomic mass is 9.96. The van der Waals surface area contributed by atoms with Gasteiger partial charge in [0, 0.05) is 29.2 Å². The molecule has 1 saturated carbocycles. The molecule has 5 heteroatoms. The average Bonchev–Trinajstić information content (AvgIpc) is 2.90. The zero-order chi connectivity index (χ0) is 15.5. The summed E-state index contributed by atoms with van der Waals surface area (Å²) in [6.45, 7) is 1.65. The first-order chi connectivity index (χ1) is 9.94. The van der Waals surface area contributed by atoms with Crippen LogP contribution in [0.3, 0.4) is 0 Å². The zero-order valence-corrected chi connectivity index (χ0v) is 13.5. The normalized spacial score (nSPS) is 17.3. The predicted molar refractivity (Wildman–Crippen MR) is 86.6 cm³/mol. The first kappa shape index (κ1) is 16.3. The van der Waals surface area contributed by atoms with Gasteiger partial charge in [-0.3, -0.25) is 4.79 Å². The molecule has 1 aliphatic rings. The van der Waals surface area contributed by atoms with Crippen LogP contribution in [-0.4, -0.2) is 37.0 Å². The quantitative estimate of drug-likeness (QED) is 0.848. The van der Waals surface area contributed by atoms with Crippen LogP contribution in [0.5, 0.6) is 0 Å². The van der Waals surface area contributed by atoms with Gasteiger partial charge < -0.3 is 16.0 Å². The minimum atomic E-state index is -0.450. The summed E-state index contributed by atoms with van der Waals surface area (Å²) >= 11 is 6.21. The molecule has 0 aromatic heterocycles. The lowest BCUT2D eigenvalue weighted by Crippen LogP contribution is -2.49. The molecule has 1 aromatic carbocycles. The molecule has 1 fully saturated rings. The van der Waals surface area contributed by atoms with Crippen molar-refractivity contribution in [2.75, 3.05) is 20.6 Å². The number of nitrogens with one attached hydrogen (secondary N) is 1. The Bertz CT molecular complexity index is 510. The molecule has 0 radical (unpaired) electrons. The van der Waals surface area contributed by atoms with E-state index in [1.54, 1.807) is 12.1 Å². The molecule has 3 N–H and O–H groups in total. The highest BCUT2D eigenvalue weighted by atomic mass is 35.5. The van der Waals surface area contributed by atoms with Gasteiger partial charge >= 0.3 is 0 Å². The van der Waals surface area contributed by atoms with Gasteiger partial charge in [-0.2, -0.15) is 0 Å². The average molecular weight is 310 g/mol. The molecule has 116 valence electrons. The third-order valence-electron chi connectivity index (χ3n) is 4.59. The molecule has 0 saturated heterocycles. The molecule has 4 nitrogen and oxygen atoms in total. The first-order valence-corrected chi connectivity index (χ1v) is 7.79. The predicted octanol–water partition coefficient (Wildman–Crippen LogP) is 2.40. The first-order valence-electron chi connectivity index (χ1n) is 7.41. The highest BCUT2D eigenvalue weighted by molar-refractivity contribution is 6.31. The monoisotopic (exact) mass is 309 g/mol. The van der Waals surface area contributed by atoms with Crippen molar-refractivity contribution >= 4 is 17.5 Å². The van der Waals surface area contributed by atoms with Crippen molar-refractivity contribution in [1.29, 1.82) is 0 Å². The van der Waals surface area contributed by atoms with Crippen molar-refractivity contribution in [2.45, 2.75) is 37.8 Å². The minimum Gasteiger partial charge on any atom is -0.366 e. The smallest absolute Gasteiger partial charge is 0.248 e. The van der Waals surface area contributed by atoms with Crippen LogP contribution in [0.1, 0.15) is 41.6 Å². The van der Waals surface area contributed by atoms with E-state index in [2.05, 4.69) is 24.3 Å². The van der Waals surface area contributed by atoms with Gasteiger partial charge in [-0.05, 0) is 44.6 Å². The summed E-state index contributed by atoms with van der Waals surface area (Å²) in [6.07, 6.45) is 5.07. The van der Waals surface area contributed by atoms with E-state index in [1.807, 2.05) is 6.07 Å². The summed E-state index contributed by atoms with van der Waals surface area (Å²) < 4.78 is 0. The Morgan fingerprint density at radius 3 is 2.57 bits per heavy atom. The van der Waals surface area contributed by atoms with E-state index in [1.165, 1.54) is 25.7 Å². The van der Waals surface area contributed by atoms with Gasteiger partial charge in [-0.15, -0.1) is 0 Å². The lowest BCUT2D eigenvalue weighted by Gasteiger charge is -2.36. The minimum absolute atomic E-state index is 0.264. The standard InChI is InChI=1S/C16H24ClN3O/c1-20(2)16(7-3-4-8-16)11-19-10-13-6-5-12(15(18)21)9-14(13)17/h5-6,9,19H,3-4,7-8,10-11H2,1-2H3,(H2,18,21). The Morgan fingerprint density at radius 2 is 2.05 bits per heavy atom. The van der Waals surface area contributed by atoms with Gasteiger partial charge in [0.2, 0.25) is 5.91 Å². The van der Waals surface area contributed by atoms with Gasteiger partial charge in [-0.25, -0.2) is 0 Å². The van der Waals surface area contributed by atoms with Crippen molar-refractivity contribution in [3.63, 3.8) is 0 Å². The van der Waals surface area contributed by atoms with Crippen LogP contribution in [-0.2, 0) is 6.54 Å². The topological polar surface area (TPSA) is 58.4 Å². The molecule has 0 bridgehead atoms. The lowest BCUT2D eigenvalue weighted by molar-refractivity contribution is 0.100. The maximum atomic E-state index is 11.1. The molecule has 21 heavy (non-hydrogen) atoms. The van der Waals surface area contributed by atoms with Gasteiger partial charge in [-0.1, -0.05) is 30.5 Å². The van der Waals surface area contributed by atoms with E-state index in [4.69, 9.17) is 17.3 Å². The van der Waals surface area contributed by atoms with Gasteiger partial charge in [0.25, 0.3) is 0 Å². The molecule has 1 aliphatic carbocycles. The fourth-order valence-corrected chi connectivity index (χ4v) is 3.34. The van der Waals surface area contributed by atoms with Crippen LogP contribution >= 0.6 is 11.6 Å². The second-order valence-electron chi connectivity index (χ2n) is 6.10. The zero-order valence-electron chi connectivity index (χ0n) is 12.8. The number of hydrogen-bond acceptors (Lipinski definition) is 3.